The van der Waals surface area contributed by atoms with Gasteiger partial charge in [0.15, 0.2) is 0 Å². The zero-order valence-electron chi connectivity index (χ0n) is 22.1. The number of cyclic esters (lactones) is 1. The summed E-state index contributed by atoms with van der Waals surface area (Å²) in [6.45, 7) is 11.4. The van der Waals surface area contributed by atoms with Crippen molar-refractivity contribution in [3.8, 4) is 0 Å². The number of carbonyl (C=O) groups is 1. The highest BCUT2D eigenvalue weighted by atomic mass is 16.6. The molecular weight excluding hydrogens is 448 g/mol. The molecule has 1 saturated heterocycles. The summed E-state index contributed by atoms with van der Waals surface area (Å²) < 4.78 is 11.5. The average molecular weight is 495 g/mol. The predicted octanol–water partition coefficient (Wildman–Crippen LogP) is 3.45. The number of carbonyl (C=O) groups excluding carboxylic acids is 1. The van der Waals surface area contributed by atoms with Crippen molar-refractivity contribution in [2.75, 3.05) is 0 Å². The number of hydrogen-bond acceptors (Lipinski definition) is 7. The highest BCUT2D eigenvalue weighted by Crippen LogP contribution is 2.36. The molecule has 7 nitrogen and oxygen atoms in total. The highest BCUT2D eigenvalue weighted by Gasteiger charge is 2.44. The quantitative estimate of drug-likeness (QED) is 0.177. The monoisotopic (exact) mass is 494 g/mol. The Kier molecular flexibility index (Phi) is 11.2. The van der Waals surface area contributed by atoms with Crippen LogP contribution in [0.5, 0.6) is 0 Å². The molecule has 0 aliphatic carbocycles. The first-order valence-corrected chi connectivity index (χ1v) is 13.0. The number of allylic oxidation sites excluding steroid dienone is 3. The first kappa shape index (κ1) is 29.7. The first-order valence-electron chi connectivity index (χ1n) is 13.0. The molecule has 1 fully saturated rings. The van der Waals surface area contributed by atoms with Crippen molar-refractivity contribution < 1.29 is 34.7 Å². The summed E-state index contributed by atoms with van der Waals surface area (Å²) in [7, 11) is 0. The molecule has 0 saturated carbocycles. The zero-order chi connectivity index (χ0) is 26.3. The lowest BCUT2D eigenvalue weighted by molar-refractivity contribution is -0.151. The summed E-state index contributed by atoms with van der Waals surface area (Å²) in [6.07, 6.45) is 8.41. The summed E-state index contributed by atoms with van der Waals surface area (Å²) in [6, 6.07) is 0. The van der Waals surface area contributed by atoms with Crippen LogP contribution >= 0.6 is 0 Å². The van der Waals surface area contributed by atoms with Crippen LogP contribution in [0.3, 0.4) is 0 Å². The van der Waals surface area contributed by atoms with Crippen LogP contribution in [0.1, 0.15) is 73.6 Å². The number of rotatable bonds is 8. The van der Waals surface area contributed by atoms with Crippen molar-refractivity contribution in [2.45, 2.75) is 116 Å². The van der Waals surface area contributed by atoms with Crippen LogP contribution in [0.2, 0.25) is 0 Å². The molecule has 2 rings (SSSR count). The van der Waals surface area contributed by atoms with Gasteiger partial charge >= 0.3 is 5.97 Å². The third kappa shape index (κ3) is 9.14. The van der Waals surface area contributed by atoms with E-state index in [1.165, 1.54) is 13.0 Å². The predicted molar refractivity (Wildman–Crippen MR) is 135 cm³/mol. The fraction of sp³-hybridized carbons (Fsp3) is 0.750. The lowest BCUT2D eigenvalue weighted by Crippen LogP contribution is -2.39. The normalized spacial score (nSPS) is 37.8. The molecular formula is C28H46O7. The SMILES string of the molecule is CC[C@H](O)[C@@H](C)[C@H]1O[C@@H]1C[C@H](C)C=CC=C(C)[C@H]1OC(=O)C[C@H](O)CC[C@@](C)(O)[C@@H](O)C=C[C@@H]1C. The molecule has 4 N–H and O–H groups in total. The minimum Gasteiger partial charge on any atom is -0.457 e. The van der Waals surface area contributed by atoms with Crippen molar-refractivity contribution >= 4 is 5.97 Å². The molecule has 7 heteroatoms. The Labute approximate surface area is 210 Å². The maximum Gasteiger partial charge on any atom is 0.309 e. The van der Waals surface area contributed by atoms with Gasteiger partial charge < -0.3 is 29.9 Å². The van der Waals surface area contributed by atoms with Crippen LogP contribution in [0.25, 0.3) is 0 Å². The minimum absolute atomic E-state index is 0.118. The van der Waals surface area contributed by atoms with Gasteiger partial charge in [-0.1, -0.05) is 58.1 Å². The number of hydrogen-bond donors (Lipinski definition) is 4. The molecule has 2 aliphatic heterocycles. The van der Waals surface area contributed by atoms with Crippen LogP contribution in [0.4, 0.5) is 0 Å². The van der Waals surface area contributed by atoms with E-state index in [0.717, 1.165) is 18.4 Å². The summed E-state index contributed by atoms with van der Waals surface area (Å²) in [4.78, 5) is 12.5. The molecule has 0 bridgehead atoms. The van der Waals surface area contributed by atoms with Crippen LogP contribution in [-0.4, -0.2) is 68.6 Å². The van der Waals surface area contributed by atoms with Gasteiger partial charge in [0.05, 0.1) is 36.4 Å². The minimum atomic E-state index is -1.39. The van der Waals surface area contributed by atoms with E-state index in [9.17, 15) is 25.2 Å². The standard InChI is InChI=1S/C28H46O7/c1-7-22(30)20(5)27-23(34-27)15-17(2)9-8-10-18(3)26-19(4)11-12-24(31)28(6,33)14-13-21(29)16-25(32)35-26/h8-12,17,19-24,26-27,29-31,33H,7,13-16H2,1-6H3/t17-,19+,20-,21-,22+,23-,24+,26-,27-,28-/m1/s1. The van der Waals surface area contributed by atoms with Gasteiger partial charge in [0.25, 0.3) is 0 Å². The van der Waals surface area contributed by atoms with E-state index in [-0.39, 0.29) is 55.3 Å². The summed E-state index contributed by atoms with van der Waals surface area (Å²) in [5.74, 6) is -0.317. The van der Waals surface area contributed by atoms with E-state index in [2.05, 4.69) is 13.0 Å². The molecule has 0 amide bonds. The third-order valence-corrected chi connectivity index (χ3v) is 7.37. The molecule has 0 aromatic carbocycles. The van der Waals surface area contributed by atoms with Crippen molar-refractivity contribution in [1.82, 2.24) is 0 Å². The number of epoxide rings is 1. The summed E-state index contributed by atoms with van der Waals surface area (Å²) in [5, 5.41) is 41.1. The van der Waals surface area contributed by atoms with Gasteiger partial charge in [-0.05, 0) is 51.0 Å². The van der Waals surface area contributed by atoms with E-state index >= 15 is 0 Å². The fourth-order valence-electron chi connectivity index (χ4n) is 4.63. The van der Waals surface area contributed by atoms with Crippen LogP contribution in [0, 0.1) is 17.8 Å². The molecule has 0 aromatic heterocycles. The molecule has 10 atom stereocenters. The van der Waals surface area contributed by atoms with E-state index in [4.69, 9.17) is 9.47 Å². The fourth-order valence-corrected chi connectivity index (χ4v) is 4.63. The summed E-state index contributed by atoms with van der Waals surface area (Å²) in [5.41, 5.74) is -0.553. The number of aliphatic hydroxyl groups is 4. The van der Waals surface area contributed by atoms with E-state index < -0.39 is 29.9 Å². The van der Waals surface area contributed by atoms with Gasteiger partial charge in [-0.2, -0.15) is 0 Å². The second-order valence-electron chi connectivity index (χ2n) is 10.8. The van der Waals surface area contributed by atoms with Crippen LogP contribution < -0.4 is 0 Å². The van der Waals surface area contributed by atoms with Gasteiger partial charge in [0.1, 0.15) is 12.2 Å². The Bertz CT molecular complexity index is 771. The third-order valence-electron chi connectivity index (χ3n) is 7.37. The average Bonchev–Trinajstić information content (AvgIpc) is 3.56. The van der Waals surface area contributed by atoms with Gasteiger partial charge in [0.2, 0.25) is 0 Å². The van der Waals surface area contributed by atoms with Crippen LogP contribution in [-0.2, 0) is 14.3 Å². The second kappa shape index (κ2) is 13.2. The summed E-state index contributed by atoms with van der Waals surface area (Å²) >= 11 is 0. The Morgan fingerprint density at radius 1 is 1.29 bits per heavy atom. The molecule has 200 valence electrons. The molecule has 2 aliphatic rings. The van der Waals surface area contributed by atoms with E-state index in [1.54, 1.807) is 6.08 Å². The molecule has 35 heavy (non-hydrogen) atoms. The Morgan fingerprint density at radius 2 is 1.97 bits per heavy atom. The largest absolute Gasteiger partial charge is 0.457 e. The second-order valence-corrected chi connectivity index (χ2v) is 10.8. The lowest BCUT2D eigenvalue weighted by atomic mass is 9.89. The number of ether oxygens (including phenoxy) is 2. The van der Waals surface area contributed by atoms with Gasteiger partial charge in [-0.25, -0.2) is 0 Å². The van der Waals surface area contributed by atoms with Crippen molar-refractivity contribution in [3.05, 3.63) is 36.0 Å². The van der Waals surface area contributed by atoms with Gasteiger partial charge in [-0.3, -0.25) is 4.79 Å². The molecule has 0 unspecified atom stereocenters. The maximum absolute atomic E-state index is 12.5. The Balaban J connectivity index is 2.04. The van der Waals surface area contributed by atoms with Crippen LogP contribution in [0.15, 0.2) is 36.0 Å². The Morgan fingerprint density at radius 3 is 2.63 bits per heavy atom. The topological polar surface area (TPSA) is 120 Å². The number of aliphatic hydroxyl groups excluding tert-OH is 3. The van der Waals surface area contributed by atoms with E-state index in [1.807, 2.05) is 39.8 Å². The molecule has 2 heterocycles. The van der Waals surface area contributed by atoms with Crippen molar-refractivity contribution in [3.63, 3.8) is 0 Å². The lowest BCUT2D eigenvalue weighted by Gasteiger charge is -2.30. The van der Waals surface area contributed by atoms with Crippen molar-refractivity contribution in [1.29, 1.82) is 0 Å². The smallest absolute Gasteiger partial charge is 0.309 e. The van der Waals surface area contributed by atoms with E-state index in [0.29, 0.717) is 0 Å². The number of esters is 1. The maximum atomic E-state index is 12.5. The molecule has 0 radical (unpaired) electrons. The first-order chi connectivity index (χ1) is 16.4. The van der Waals surface area contributed by atoms with Gasteiger partial charge in [0, 0.05) is 11.8 Å². The van der Waals surface area contributed by atoms with Crippen molar-refractivity contribution in [2.24, 2.45) is 17.8 Å². The zero-order valence-corrected chi connectivity index (χ0v) is 22.1. The molecule has 0 spiro atoms. The highest BCUT2D eigenvalue weighted by molar-refractivity contribution is 5.70. The molecule has 0 aromatic rings. The van der Waals surface area contributed by atoms with Gasteiger partial charge in [-0.15, -0.1) is 0 Å². The Hall–Kier alpha value is -1.51.